The minimum atomic E-state index is -0.813. The van der Waals surface area contributed by atoms with Crippen LogP contribution in [0.25, 0.3) is 0 Å². The zero-order valence-corrected chi connectivity index (χ0v) is 10.5. The molecule has 0 bridgehead atoms. The molecule has 1 fully saturated rings. The fraction of sp³-hybridized carbons (Fsp3) is 0.462. The molecule has 0 radical (unpaired) electrons. The van der Waals surface area contributed by atoms with Gasteiger partial charge >= 0.3 is 5.97 Å². The molecule has 0 saturated carbocycles. The molecule has 18 heavy (non-hydrogen) atoms. The maximum absolute atomic E-state index is 11.1. The SMILES string of the molecule is COc1ccc([C@@H]2CCN[C@H]2C(=O)O)cc1OC. The van der Waals surface area contributed by atoms with Gasteiger partial charge in [0.1, 0.15) is 6.04 Å². The lowest BCUT2D eigenvalue weighted by Crippen LogP contribution is -2.34. The van der Waals surface area contributed by atoms with Gasteiger partial charge < -0.3 is 19.9 Å². The minimum absolute atomic E-state index is 0.0256. The van der Waals surface area contributed by atoms with Gasteiger partial charge in [-0.25, -0.2) is 0 Å². The Morgan fingerprint density at radius 2 is 2.06 bits per heavy atom. The average Bonchev–Trinajstić information content (AvgIpc) is 2.87. The summed E-state index contributed by atoms with van der Waals surface area (Å²) in [6.45, 7) is 0.718. The lowest BCUT2D eigenvalue weighted by Gasteiger charge is -2.17. The van der Waals surface area contributed by atoms with Crippen molar-refractivity contribution in [3.63, 3.8) is 0 Å². The molecular formula is C13H17NO4. The Morgan fingerprint density at radius 1 is 1.33 bits per heavy atom. The van der Waals surface area contributed by atoms with Crippen LogP contribution in [0, 0.1) is 0 Å². The molecule has 1 aliphatic rings. The third-order valence-electron chi connectivity index (χ3n) is 3.32. The summed E-state index contributed by atoms with van der Waals surface area (Å²) < 4.78 is 10.4. The van der Waals surface area contributed by atoms with Crippen molar-refractivity contribution in [2.45, 2.75) is 18.4 Å². The standard InChI is InChI=1S/C13H17NO4/c1-17-10-4-3-8(7-11(10)18-2)9-5-6-14-12(9)13(15)16/h3-4,7,9,12,14H,5-6H2,1-2H3,(H,15,16)/t9-,12+/m0/s1. The fourth-order valence-electron chi connectivity index (χ4n) is 2.41. The van der Waals surface area contributed by atoms with Crippen molar-refractivity contribution in [2.24, 2.45) is 0 Å². The fourth-order valence-corrected chi connectivity index (χ4v) is 2.41. The number of nitrogens with one attached hydrogen (secondary N) is 1. The predicted molar refractivity (Wildman–Crippen MR) is 66.3 cm³/mol. The van der Waals surface area contributed by atoms with Gasteiger partial charge in [-0.15, -0.1) is 0 Å². The van der Waals surface area contributed by atoms with E-state index in [9.17, 15) is 4.79 Å². The second kappa shape index (κ2) is 5.27. The van der Waals surface area contributed by atoms with E-state index < -0.39 is 12.0 Å². The van der Waals surface area contributed by atoms with Crippen LogP contribution in [0.1, 0.15) is 17.9 Å². The van der Waals surface area contributed by atoms with Gasteiger partial charge in [0.2, 0.25) is 0 Å². The molecule has 1 saturated heterocycles. The number of benzene rings is 1. The van der Waals surface area contributed by atoms with Crippen molar-refractivity contribution in [3.8, 4) is 11.5 Å². The lowest BCUT2D eigenvalue weighted by atomic mass is 9.91. The predicted octanol–water partition coefficient (Wildman–Crippen LogP) is 1.23. The van der Waals surface area contributed by atoms with Gasteiger partial charge in [-0.3, -0.25) is 4.79 Å². The quantitative estimate of drug-likeness (QED) is 0.842. The van der Waals surface area contributed by atoms with Crippen LogP contribution >= 0.6 is 0 Å². The minimum Gasteiger partial charge on any atom is -0.493 e. The topological polar surface area (TPSA) is 67.8 Å². The van der Waals surface area contributed by atoms with Crippen LogP contribution in [0.4, 0.5) is 0 Å². The maximum atomic E-state index is 11.1. The summed E-state index contributed by atoms with van der Waals surface area (Å²) in [5.74, 6) is 0.444. The van der Waals surface area contributed by atoms with E-state index in [1.807, 2.05) is 18.2 Å². The molecule has 98 valence electrons. The van der Waals surface area contributed by atoms with Gasteiger partial charge in [-0.1, -0.05) is 6.07 Å². The molecule has 0 spiro atoms. The van der Waals surface area contributed by atoms with Crippen molar-refractivity contribution < 1.29 is 19.4 Å². The second-order valence-corrected chi connectivity index (χ2v) is 4.28. The van der Waals surface area contributed by atoms with Crippen molar-refractivity contribution in [1.82, 2.24) is 5.32 Å². The molecule has 0 aliphatic carbocycles. The van der Waals surface area contributed by atoms with Crippen LogP contribution in [0.15, 0.2) is 18.2 Å². The largest absolute Gasteiger partial charge is 0.493 e. The van der Waals surface area contributed by atoms with Gasteiger partial charge in [0.25, 0.3) is 0 Å². The highest BCUT2D eigenvalue weighted by atomic mass is 16.5. The first-order chi connectivity index (χ1) is 8.67. The van der Waals surface area contributed by atoms with E-state index in [4.69, 9.17) is 14.6 Å². The number of ether oxygens (including phenoxy) is 2. The Balaban J connectivity index is 2.30. The molecule has 5 nitrogen and oxygen atoms in total. The highest BCUT2D eigenvalue weighted by Gasteiger charge is 2.33. The van der Waals surface area contributed by atoms with Crippen LogP contribution in [0.2, 0.25) is 0 Å². The molecule has 1 aromatic rings. The second-order valence-electron chi connectivity index (χ2n) is 4.28. The molecule has 0 aromatic heterocycles. The van der Waals surface area contributed by atoms with E-state index in [1.54, 1.807) is 14.2 Å². The number of carboxylic acids is 1. The van der Waals surface area contributed by atoms with Crippen molar-refractivity contribution in [1.29, 1.82) is 0 Å². The molecule has 1 aromatic carbocycles. The average molecular weight is 251 g/mol. The van der Waals surface area contributed by atoms with Gasteiger partial charge in [-0.05, 0) is 30.7 Å². The molecule has 2 rings (SSSR count). The summed E-state index contributed by atoms with van der Waals surface area (Å²) in [7, 11) is 3.15. The van der Waals surface area contributed by atoms with E-state index in [-0.39, 0.29) is 5.92 Å². The van der Waals surface area contributed by atoms with E-state index in [0.29, 0.717) is 11.5 Å². The molecule has 2 atom stereocenters. The summed E-state index contributed by atoms with van der Waals surface area (Å²) in [5, 5.41) is 12.2. The monoisotopic (exact) mass is 251 g/mol. The molecule has 1 heterocycles. The number of hydrogen-bond acceptors (Lipinski definition) is 4. The van der Waals surface area contributed by atoms with Crippen LogP contribution < -0.4 is 14.8 Å². The molecule has 0 amide bonds. The Labute approximate surface area is 106 Å². The zero-order chi connectivity index (χ0) is 13.1. The maximum Gasteiger partial charge on any atom is 0.321 e. The van der Waals surface area contributed by atoms with Gasteiger partial charge in [-0.2, -0.15) is 0 Å². The first-order valence-corrected chi connectivity index (χ1v) is 5.85. The number of methoxy groups -OCH3 is 2. The summed E-state index contributed by atoms with van der Waals surface area (Å²) in [6, 6.07) is 5.04. The first kappa shape index (κ1) is 12.7. The van der Waals surface area contributed by atoms with E-state index >= 15 is 0 Å². The Morgan fingerprint density at radius 3 is 2.67 bits per heavy atom. The van der Waals surface area contributed by atoms with Crippen LogP contribution in [0.3, 0.4) is 0 Å². The third kappa shape index (κ3) is 2.26. The van der Waals surface area contributed by atoms with Crippen LogP contribution in [-0.4, -0.2) is 37.9 Å². The number of carbonyl (C=O) groups is 1. The molecule has 0 unspecified atom stereocenters. The third-order valence-corrected chi connectivity index (χ3v) is 3.32. The highest BCUT2D eigenvalue weighted by molar-refractivity contribution is 5.75. The number of hydrogen-bond donors (Lipinski definition) is 2. The number of carboxylic acid groups (broad SMARTS) is 1. The zero-order valence-electron chi connectivity index (χ0n) is 10.5. The van der Waals surface area contributed by atoms with E-state index in [2.05, 4.69) is 5.32 Å². The normalized spacial score (nSPS) is 22.8. The van der Waals surface area contributed by atoms with Gasteiger partial charge in [0, 0.05) is 5.92 Å². The first-order valence-electron chi connectivity index (χ1n) is 5.85. The molecule has 5 heteroatoms. The number of rotatable bonds is 4. The summed E-state index contributed by atoms with van der Waals surface area (Å²) in [5.41, 5.74) is 0.963. The lowest BCUT2D eigenvalue weighted by molar-refractivity contribution is -0.139. The molecule has 1 aliphatic heterocycles. The van der Waals surface area contributed by atoms with Crippen molar-refractivity contribution in [2.75, 3.05) is 20.8 Å². The van der Waals surface area contributed by atoms with Crippen LogP contribution in [-0.2, 0) is 4.79 Å². The molecular weight excluding hydrogens is 234 g/mol. The van der Waals surface area contributed by atoms with Crippen LogP contribution in [0.5, 0.6) is 11.5 Å². The van der Waals surface area contributed by atoms with Gasteiger partial charge in [0.05, 0.1) is 14.2 Å². The number of aliphatic carboxylic acids is 1. The highest BCUT2D eigenvalue weighted by Crippen LogP contribution is 2.34. The van der Waals surface area contributed by atoms with Gasteiger partial charge in [0.15, 0.2) is 11.5 Å². The Hall–Kier alpha value is -1.75. The summed E-state index contributed by atoms with van der Waals surface area (Å²) >= 11 is 0. The smallest absolute Gasteiger partial charge is 0.321 e. The Bertz CT molecular complexity index is 447. The summed E-state index contributed by atoms with van der Waals surface area (Å²) in [6.07, 6.45) is 0.812. The Kier molecular flexibility index (Phi) is 3.72. The van der Waals surface area contributed by atoms with Crippen molar-refractivity contribution >= 4 is 5.97 Å². The summed E-state index contributed by atoms with van der Waals surface area (Å²) in [4.78, 5) is 11.1. The van der Waals surface area contributed by atoms with E-state index in [1.165, 1.54) is 0 Å². The van der Waals surface area contributed by atoms with Crippen molar-refractivity contribution in [3.05, 3.63) is 23.8 Å². The van der Waals surface area contributed by atoms with E-state index in [0.717, 1.165) is 18.5 Å². The molecule has 2 N–H and O–H groups in total.